The topological polar surface area (TPSA) is 12.0 Å². The molecule has 2 aromatic carbocycles. The van der Waals surface area contributed by atoms with Gasteiger partial charge in [-0.05, 0) is 42.1 Å². The minimum Gasteiger partial charge on any atom is -0.313 e. The van der Waals surface area contributed by atoms with Crippen molar-refractivity contribution < 1.29 is 4.39 Å². The van der Waals surface area contributed by atoms with Crippen LogP contribution >= 0.6 is 15.9 Å². The monoisotopic (exact) mass is 349 g/mol. The molecular formula is C18H21BrFN. The quantitative estimate of drug-likeness (QED) is 0.780. The first kappa shape index (κ1) is 16.2. The average Bonchev–Trinajstić information content (AvgIpc) is 2.49. The predicted molar refractivity (Wildman–Crippen MR) is 90.1 cm³/mol. The Labute approximate surface area is 134 Å². The molecule has 0 amide bonds. The van der Waals surface area contributed by atoms with Gasteiger partial charge in [-0.1, -0.05) is 66.2 Å². The van der Waals surface area contributed by atoms with Crippen molar-refractivity contribution >= 4 is 15.9 Å². The molecule has 21 heavy (non-hydrogen) atoms. The molecule has 0 saturated carbocycles. The van der Waals surface area contributed by atoms with Gasteiger partial charge in [-0.2, -0.15) is 0 Å². The first-order chi connectivity index (χ1) is 10.1. The number of nitrogens with one attached hydrogen (secondary N) is 1. The molecule has 1 N–H and O–H groups in total. The Kier molecular flexibility index (Phi) is 5.95. The zero-order valence-electron chi connectivity index (χ0n) is 12.4. The van der Waals surface area contributed by atoms with E-state index in [1.807, 2.05) is 12.1 Å². The Hall–Kier alpha value is -1.19. The molecule has 0 aliphatic rings. The third-order valence-electron chi connectivity index (χ3n) is 3.85. The Balaban J connectivity index is 2.19. The second-order valence-electron chi connectivity index (χ2n) is 5.30. The molecule has 3 heteroatoms. The number of hydrogen-bond acceptors (Lipinski definition) is 1. The first-order valence-corrected chi connectivity index (χ1v) is 8.13. The normalized spacial score (nSPS) is 13.9. The van der Waals surface area contributed by atoms with Crippen LogP contribution in [0.3, 0.4) is 0 Å². The van der Waals surface area contributed by atoms with Crippen LogP contribution in [0.15, 0.2) is 53.0 Å². The average molecular weight is 350 g/mol. The number of hydrogen-bond donors (Lipinski definition) is 1. The van der Waals surface area contributed by atoms with E-state index in [9.17, 15) is 4.39 Å². The molecule has 2 unspecified atom stereocenters. The minimum atomic E-state index is -0.207. The Morgan fingerprint density at radius 2 is 1.86 bits per heavy atom. The summed E-state index contributed by atoms with van der Waals surface area (Å²) in [6, 6.07) is 15.7. The summed E-state index contributed by atoms with van der Waals surface area (Å²) in [5, 5.41) is 3.56. The lowest BCUT2D eigenvalue weighted by atomic mass is 9.89. The van der Waals surface area contributed by atoms with Gasteiger partial charge in [-0.15, -0.1) is 0 Å². The van der Waals surface area contributed by atoms with Gasteiger partial charge in [-0.25, -0.2) is 4.39 Å². The lowest BCUT2D eigenvalue weighted by Crippen LogP contribution is -2.35. The van der Waals surface area contributed by atoms with Crippen molar-refractivity contribution in [1.29, 1.82) is 0 Å². The van der Waals surface area contributed by atoms with E-state index in [1.54, 1.807) is 0 Å². The van der Waals surface area contributed by atoms with Crippen molar-refractivity contribution in [1.82, 2.24) is 5.32 Å². The molecule has 0 fully saturated rings. The summed E-state index contributed by atoms with van der Waals surface area (Å²) in [5.74, 6) is 0.185. The summed E-state index contributed by atoms with van der Waals surface area (Å²) in [6.07, 6.45) is 0.866. The molecule has 2 aromatic rings. The van der Waals surface area contributed by atoms with E-state index in [-0.39, 0.29) is 5.82 Å². The molecule has 2 atom stereocenters. The smallest absolute Gasteiger partial charge is 0.124 e. The van der Waals surface area contributed by atoms with E-state index in [1.165, 1.54) is 17.7 Å². The van der Waals surface area contributed by atoms with Crippen LogP contribution in [0, 0.1) is 5.82 Å². The SMILES string of the molecule is CCNC(Cc1ccc(F)cc1Br)C(C)c1ccccc1. The van der Waals surface area contributed by atoms with Crippen molar-refractivity contribution in [2.45, 2.75) is 32.2 Å². The molecule has 0 aliphatic heterocycles. The van der Waals surface area contributed by atoms with Crippen LogP contribution in [-0.2, 0) is 6.42 Å². The molecule has 0 saturated heterocycles. The van der Waals surface area contributed by atoms with Crippen LogP contribution in [0.5, 0.6) is 0 Å². The van der Waals surface area contributed by atoms with E-state index >= 15 is 0 Å². The van der Waals surface area contributed by atoms with Crippen LogP contribution in [0.1, 0.15) is 30.9 Å². The van der Waals surface area contributed by atoms with Crippen LogP contribution in [0.25, 0.3) is 0 Å². The molecule has 0 radical (unpaired) electrons. The van der Waals surface area contributed by atoms with Crippen molar-refractivity contribution in [3.05, 3.63) is 69.9 Å². The highest BCUT2D eigenvalue weighted by atomic mass is 79.9. The molecular weight excluding hydrogens is 329 g/mol. The van der Waals surface area contributed by atoms with E-state index in [2.05, 4.69) is 59.4 Å². The summed E-state index contributed by atoms with van der Waals surface area (Å²) < 4.78 is 14.0. The van der Waals surface area contributed by atoms with E-state index in [0.29, 0.717) is 12.0 Å². The maximum absolute atomic E-state index is 13.2. The maximum Gasteiger partial charge on any atom is 0.124 e. The Morgan fingerprint density at radius 3 is 2.48 bits per heavy atom. The minimum absolute atomic E-state index is 0.207. The third kappa shape index (κ3) is 4.39. The predicted octanol–water partition coefficient (Wildman–Crippen LogP) is 4.91. The zero-order valence-corrected chi connectivity index (χ0v) is 14.0. The number of rotatable bonds is 6. The van der Waals surface area contributed by atoms with Crippen LogP contribution in [-0.4, -0.2) is 12.6 Å². The Morgan fingerprint density at radius 1 is 1.14 bits per heavy atom. The maximum atomic E-state index is 13.2. The summed E-state index contributed by atoms with van der Waals surface area (Å²) in [6.45, 7) is 5.27. The van der Waals surface area contributed by atoms with Crippen molar-refractivity contribution in [2.75, 3.05) is 6.54 Å². The molecule has 1 nitrogen and oxygen atoms in total. The zero-order chi connectivity index (χ0) is 15.2. The van der Waals surface area contributed by atoms with Gasteiger partial charge < -0.3 is 5.32 Å². The lowest BCUT2D eigenvalue weighted by Gasteiger charge is -2.26. The second kappa shape index (κ2) is 7.71. The fraction of sp³-hybridized carbons (Fsp3) is 0.333. The standard InChI is InChI=1S/C18H21BrFN/c1-3-21-18(13(2)14-7-5-4-6-8-14)11-15-9-10-16(20)12-17(15)19/h4-10,12-13,18,21H,3,11H2,1-2H3. The van der Waals surface area contributed by atoms with Gasteiger partial charge in [0, 0.05) is 10.5 Å². The third-order valence-corrected chi connectivity index (χ3v) is 4.59. The van der Waals surface area contributed by atoms with Gasteiger partial charge in [0.2, 0.25) is 0 Å². The highest BCUT2D eigenvalue weighted by Gasteiger charge is 2.19. The summed E-state index contributed by atoms with van der Waals surface area (Å²) in [7, 11) is 0. The molecule has 2 rings (SSSR count). The van der Waals surface area contributed by atoms with Gasteiger partial charge in [0.1, 0.15) is 5.82 Å². The van der Waals surface area contributed by atoms with Gasteiger partial charge in [-0.3, -0.25) is 0 Å². The lowest BCUT2D eigenvalue weighted by molar-refractivity contribution is 0.457. The fourth-order valence-electron chi connectivity index (χ4n) is 2.60. The highest BCUT2D eigenvalue weighted by molar-refractivity contribution is 9.10. The first-order valence-electron chi connectivity index (χ1n) is 7.34. The largest absolute Gasteiger partial charge is 0.313 e. The summed E-state index contributed by atoms with van der Waals surface area (Å²) in [4.78, 5) is 0. The summed E-state index contributed by atoms with van der Waals surface area (Å²) in [5.41, 5.74) is 2.45. The van der Waals surface area contributed by atoms with E-state index in [4.69, 9.17) is 0 Å². The number of benzene rings is 2. The molecule has 0 aromatic heterocycles. The summed E-state index contributed by atoms with van der Waals surface area (Å²) >= 11 is 3.46. The fourth-order valence-corrected chi connectivity index (χ4v) is 3.11. The van der Waals surface area contributed by atoms with Crippen molar-refractivity contribution in [3.8, 4) is 0 Å². The molecule has 0 spiro atoms. The molecule has 0 bridgehead atoms. The van der Waals surface area contributed by atoms with Gasteiger partial charge in [0.25, 0.3) is 0 Å². The second-order valence-corrected chi connectivity index (χ2v) is 6.16. The van der Waals surface area contributed by atoms with Crippen molar-refractivity contribution in [2.24, 2.45) is 0 Å². The van der Waals surface area contributed by atoms with Crippen molar-refractivity contribution in [3.63, 3.8) is 0 Å². The van der Waals surface area contributed by atoms with E-state index in [0.717, 1.165) is 23.0 Å². The van der Waals surface area contributed by atoms with Gasteiger partial charge in [0.15, 0.2) is 0 Å². The van der Waals surface area contributed by atoms with Crippen LogP contribution < -0.4 is 5.32 Å². The van der Waals surface area contributed by atoms with Crippen LogP contribution in [0.2, 0.25) is 0 Å². The van der Waals surface area contributed by atoms with Gasteiger partial charge >= 0.3 is 0 Å². The molecule has 112 valence electrons. The van der Waals surface area contributed by atoms with E-state index < -0.39 is 0 Å². The van der Waals surface area contributed by atoms with Gasteiger partial charge in [0.05, 0.1) is 0 Å². The number of likely N-dealkylation sites (N-methyl/N-ethyl adjacent to an activating group) is 1. The molecule has 0 heterocycles. The van der Waals surface area contributed by atoms with Crippen LogP contribution in [0.4, 0.5) is 4.39 Å². The highest BCUT2D eigenvalue weighted by Crippen LogP contribution is 2.25. The molecule has 0 aliphatic carbocycles. The Bertz CT molecular complexity index is 571. The number of halogens is 2.